The average molecular weight is 271 g/mol. The van der Waals surface area contributed by atoms with E-state index in [0.29, 0.717) is 6.04 Å². The van der Waals surface area contributed by atoms with Gasteiger partial charge in [0.1, 0.15) is 0 Å². The molecule has 0 saturated heterocycles. The zero-order chi connectivity index (χ0) is 14.2. The molecule has 0 atom stereocenters. The van der Waals surface area contributed by atoms with Crippen LogP contribution in [0.25, 0.3) is 0 Å². The predicted octanol–water partition coefficient (Wildman–Crippen LogP) is 4.92. The van der Waals surface area contributed by atoms with Crippen molar-refractivity contribution in [2.24, 2.45) is 0 Å². The molecule has 0 bridgehead atoms. The van der Waals surface area contributed by atoms with Gasteiger partial charge in [0.2, 0.25) is 0 Å². The Morgan fingerprint density at radius 1 is 0.737 bits per heavy atom. The molecule has 0 unspecified atom stereocenters. The van der Waals surface area contributed by atoms with Crippen LogP contribution in [0.4, 0.5) is 0 Å². The van der Waals surface area contributed by atoms with E-state index in [2.05, 4.69) is 26.1 Å². The molecule has 116 valence electrons. The first-order chi connectivity index (χ1) is 9.27. The molecule has 1 N–H and O–H groups in total. The lowest BCUT2D eigenvalue weighted by molar-refractivity contribution is 0.125. The second-order valence-corrected chi connectivity index (χ2v) is 5.90. The Morgan fingerprint density at radius 3 is 1.84 bits per heavy atom. The van der Waals surface area contributed by atoms with Crippen molar-refractivity contribution in [3.8, 4) is 0 Å². The summed E-state index contributed by atoms with van der Waals surface area (Å²) in [6.07, 6.45) is 13.3. The number of rotatable bonds is 15. The van der Waals surface area contributed by atoms with Gasteiger partial charge >= 0.3 is 0 Å². The van der Waals surface area contributed by atoms with Gasteiger partial charge < -0.3 is 10.1 Å². The predicted molar refractivity (Wildman–Crippen MR) is 85.8 cm³/mol. The number of unbranched alkanes of at least 4 members (excludes halogenated alkanes) is 8. The normalized spacial score (nSPS) is 11.4. The van der Waals surface area contributed by atoms with E-state index in [9.17, 15) is 0 Å². The standard InChI is InChI=1S/C17H37NO/c1-4-5-6-7-9-12-15-19-16-13-10-8-11-14-18-17(2)3/h17-18H,4-16H2,1-3H3. The first-order valence-electron chi connectivity index (χ1n) is 8.58. The van der Waals surface area contributed by atoms with Gasteiger partial charge in [-0.3, -0.25) is 0 Å². The third kappa shape index (κ3) is 17.9. The molecular weight excluding hydrogens is 234 g/mol. The van der Waals surface area contributed by atoms with Gasteiger partial charge in [-0.1, -0.05) is 65.7 Å². The van der Waals surface area contributed by atoms with Crippen LogP contribution in [-0.4, -0.2) is 25.8 Å². The van der Waals surface area contributed by atoms with Crippen molar-refractivity contribution in [1.29, 1.82) is 0 Å². The highest BCUT2D eigenvalue weighted by atomic mass is 16.5. The molecule has 0 aromatic heterocycles. The van der Waals surface area contributed by atoms with Crippen molar-refractivity contribution in [2.75, 3.05) is 19.8 Å². The minimum Gasteiger partial charge on any atom is -0.381 e. The molecule has 2 heteroatoms. The van der Waals surface area contributed by atoms with Gasteiger partial charge in [-0.25, -0.2) is 0 Å². The van der Waals surface area contributed by atoms with Crippen LogP contribution in [0, 0.1) is 0 Å². The first kappa shape index (κ1) is 18.9. The van der Waals surface area contributed by atoms with E-state index in [1.54, 1.807) is 0 Å². The highest BCUT2D eigenvalue weighted by molar-refractivity contribution is 4.53. The van der Waals surface area contributed by atoms with Gasteiger partial charge in [-0.2, -0.15) is 0 Å². The molecule has 0 rings (SSSR count). The highest BCUT2D eigenvalue weighted by Gasteiger charge is 1.94. The third-order valence-corrected chi connectivity index (χ3v) is 3.41. The zero-order valence-electron chi connectivity index (χ0n) is 13.7. The number of nitrogens with one attached hydrogen (secondary N) is 1. The summed E-state index contributed by atoms with van der Waals surface area (Å²) in [6.45, 7) is 9.78. The molecule has 0 amide bonds. The lowest BCUT2D eigenvalue weighted by Gasteiger charge is -2.07. The SMILES string of the molecule is CCCCCCCCOCCCCCCNC(C)C. The summed E-state index contributed by atoms with van der Waals surface area (Å²) in [6, 6.07) is 0.626. The van der Waals surface area contributed by atoms with E-state index >= 15 is 0 Å². The summed E-state index contributed by atoms with van der Waals surface area (Å²) in [5.41, 5.74) is 0. The average Bonchev–Trinajstić information content (AvgIpc) is 2.39. The second-order valence-electron chi connectivity index (χ2n) is 5.90. The molecule has 0 aliphatic heterocycles. The van der Waals surface area contributed by atoms with Crippen molar-refractivity contribution < 1.29 is 4.74 Å². The molecule has 0 fully saturated rings. The van der Waals surface area contributed by atoms with Crippen molar-refractivity contribution in [1.82, 2.24) is 5.32 Å². The molecule has 0 saturated carbocycles. The van der Waals surface area contributed by atoms with E-state index < -0.39 is 0 Å². The third-order valence-electron chi connectivity index (χ3n) is 3.41. The molecule has 0 aliphatic carbocycles. The summed E-state index contributed by atoms with van der Waals surface area (Å²) < 4.78 is 5.67. The summed E-state index contributed by atoms with van der Waals surface area (Å²) in [5, 5.41) is 3.45. The Morgan fingerprint density at radius 2 is 1.26 bits per heavy atom. The maximum Gasteiger partial charge on any atom is 0.0466 e. The van der Waals surface area contributed by atoms with Crippen LogP contribution in [0.3, 0.4) is 0 Å². The molecule has 0 radical (unpaired) electrons. The van der Waals surface area contributed by atoms with E-state index in [4.69, 9.17) is 4.74 Å². The lowest BCUT2D eigenvalue weighted by atomic mass is 10.1. The zero-order valence-corrected chi connectivity index (χ0v) is 13.7. The Labute approximate surface area is 121 Å². The van der Waals surface area contributed by atoms with Crippen molar-refractivity contribution in [3.63, 3.8) is 0 Å². The van der Waals surface area contributed by atoms with Gasteiger partial charge in [0.25, 0.3) is 0 Å². The number of ether oxygens (including phenoxy) is 1. The first-order valence-corrected chi connectivity index (χ1v) is 8.58. The van der Waals surface area contributed by atoms with Crippen LogP contribution in [0.5, 0.6) is 0 Å². The van der Waals surface area contributed by atoms with Gasteiger partial charge in [-0.15, -0.1) is 0 Å². The van der Waals surface area contributed by atoms with Crippen LogP contribution >= 0.6 is 0 Å². The summed E-state index contributed by atoms with van der Waals surface area (Å²) in [5.74, 6) is 0. The molecule has 0 aromatic carbocycles. The fraction of sp³-hybridized carbons (Fsp3) is 1.00. The molecular formula is C17H37NO. The van der Waals surface area contributed by atoms with Crippen molar-refractivity contribution >= 4 is 0 Å². The fourth-order valence-electron chi connectivity index (χ4n) is 2.16. The van der Waals surface area contributed by atoms with Gasteiger partial charge in [0, 0.05) is 19.3 Å². The van der Waals surface area contributed by atoms with Gasteiger partial charge in [0.05, 0.1) is 0 Å². The van der Waals surface area contributed by atoms with E-state index in [1.807, 2.05) is 0 Å². The fourth-order valence-corrected chi connectivity index (χ4v) is 2.16. The molecule has 0 spiro atoms. The maximum absolute atomic E-state index is 5.67. The highest BCUT2D eigenvalue weighted by Crippen LogP contribution is 2.05. The largest absolute Gasteiger partial charge is 0.381 e. The Hall–Kier alpha value is -0.0800. The van der Waals surface area contributed by atoms with Gasteiger partial charge in [0.15, 0.2) is 0 Å². The summed E-state index contributed by atoms with van der Waals surface area (Å²) in [4.78, 5) is 0. The van der Waals surface area contributed by atoms with E-state index in [1.165, 1.54) is 64.2 Å². The number of hydrogen-bond donors (Lipinski definition) is 1. The molecule has 0 aliphatic rings. The van der Waals surface area contributed by atoms with Crippen LogP contribution in [0.15, 0.2) is 0 Å². The van der Waals surface area contributed by atoms with Crippen LogP contribution in [0.2, 0.25) is 0 Å². The second kappa shape index (κ2) is 16.0. The van der Waals surface area contributed by atoms with Crippen LogP contribution < -0.4 is 5.32 Å². The Kier molecular flexibility index (Phi) is 15.9. The van der Waals surface area contributed by atoms with Crippen LogP contribution in [0.1, 0.15) is 85.0 Å². The van der Waals surface area contributed by atoms with Crippen LogP contribution in [-0.2, 0) is 4.74 Å². The maximum atomic E-state index is 5.67. The summed E-state index contributed by atoms with van der Waals surface area (Å²) >= 11 is 0. The topological polar surface area (TPSA) is 21.3 Å². The lowest BCUT2D eigenvalue weighted by Crippen LogP contribution is -2.23. The minimum atomic E-state index is 0.626. The minimum absolute atomic E-state index is 0.626. The van der Waals surface area contributed by atoms with Gasteiger partial charge in [-0.05, 0) is 25.8 Å². The quantitative estimate of drug-likeness (QED) is 0.427. The van der Waals surface area contributed by atoms with Crippen molar-refractivity contribution in [2.45, 2.75) is 91.0 Å². The smallest absolute Gasteiger partial charge is 0.0466 e. The van der Waals surface area contributed by atoms with E-state index in [-0.39, 0.29) is 0 Å². The Balaban J connectivity index is 2.91. The van der Waals surface area contributed by atoms with Crippen molar-refractivity contribution in [3.05, 3.63) is 0 Å². The summed E-state index contributed by atoms with van der Waals surface area (Å²) in [7, 11) is 0. The molecule has 0 heterocycles. The molecule has 2 nitrogen and oxygen atoms in total. The molecule has 19 heavy (non-hydrogen) atoms. The number of hydrogen-bond acceptors (Lipinski definition) is 2. The van der Waals surface area contributed by atoms with E-state index in [0.717, 1.165) is 19.8 Å². The molecule has 0 aromatic rings. The Bertz CT molecular complexity index is 159. The monoisotopic (exact) mass is 271 g/mol.